The molecule has 1 amide bonds. The first-order valence-electron chi connectivity index (χ1n) is 7.99. The van der Waals surface area contributed by atoms with Gasteiger partial charge in [-0.15, -0.1) is 0 Å². The van der Waals surface area contributed by atoms with Crippen molar-refractivity contribution in [2.75, 3.05) is 27.2 Å². The molecule has 2 aromatic rings. The average Bonchev–Trinajstić information content (AvgIpc) is 2.52. The summed E-state index contributed by atoms with van der Waals surface area (Å²) in [4.78, 5) is 26.4. The van der Waals surface area contributed by atoms with E-state index >= 15 is 0 Å². The van der Waals surface area contributed by atoms with E-state index in [-0.39, 0.29) is 11.5 Å². The number of pyridine rings is 1. The Morgan fingerprint density at radius 3 is 2.74 bits per heavy atom. The van der Waals surface area contributed by atoms with Gasteiger partial charge in [-0.2, -0.15) is 0 Å². The van der Waals surface area contributed by atoms with Crippen LogP contribution in [-0.2, 0) is 11.3 Å². The van der Waals surface area contributed by atoms with Crippen molar-refractivity contribution in [3.63, 3.8) is 0 Å². The van der Waals surface area contributed by atoms with Gasteiger partial charge in [0.2, 0.25) is 5.91 Å². The SMILES string of the molecule is Cc1cc2ccccc2n(CCC(=O)NCCCN(C)C)c1=O. The summed E-state index contributed by atoms with van der Waals surface area (Å²) >= 11 is 0. The number of carbonyl (C=O) groups excluding carboxylic acids is 1. The first-order valence-corrected chi connectivity index (χ1v) is 7.99. The Labute approximate surface area is 136 Å². The lowest BCUT2D eigenvalue weighted by Gasteiger charge is -2.12. The monoisotopic (exact) mass is 315 g/mol. The van der Waals surface area contributed by atoms with Gasteiger partial charge in [0.1, 0.15) is 0 Å². The van der Waals surface area contributed by atoms with Crippen molar-refractivity contribution in [2.24, 2.45) is 0 Å². The number of aromatic nitrogens is 1. The van der Waals surface area contributed by atoms with Crippen molar-refractivity contribution in [3.05, 3.63) is 46.2 Å². The minimum Gasteiger partial charge on any atom is -0.356 e. The summed E-state index contributed by atoms with van der Waals surface area (Å²) in [5.41, 5.74) is 1.56. The smallest absolute Gasteiger partial charge is 0.253 e. The van der Waals surface area contributed by atoms with Gasteiger partial charge in [-0.3, -0.25) is 9.59 Å². The number of hydrogen-bond acceptors (Lipinski definition) is 3. The second-order valence-corrected chi connectivity index (χ2v) is 6.10. The maximum Gasteiger partial charge on any atom is 0.253 e. The largest absolute Gasteiger partial charge is 0.356 e. The molecule has 1 heterocycles. The van der Waals surface area contributed by atoms with Crippen LogP contribution in [0.25, 0.3) is 10.9 Å². The average molecular weight is 315 g/mol. The van der Waals surface area contributed by atoms with E-state index in [0.29, 0.717) is 25.1 Å². The fraction of sp³-hybridized carbons (Fsp3) is 0.444. The Balaban J connectivity index is 2.00. The van der Waals surface area contributed by atoms with Gasteiger partial charge in [-0.25, -0.2) is 0 Å². The van der Waals surface area contributed by atoms with Gasteiger partial charge in [0.15, 0.2) is 0 Å². The van der Waals surface area contributed by atoms with Crippen LogP contribution in [0.15, 0.2) is 35.1 Å². The zero-order valence-electron chi connectivity index (χ0n) is 14.1. The lowest BCUT2D eigenvalue weighted by Crippen LogP contribution is -2.30. The Morgan fingerprint density at radius 1 is 1.26 bits per heavy atom. The molecule has 0 atom stereocenters. The number of rotatable bonds is 7. The Hall–Kier alpha value is -2.14. The van der Waals surface area contributed by atoms with Gasteiger partial charge < -0.3 is 14.8 Å². The van der Waals surface area contributed by atoms with E-state index in [1.165, 1.54) is 0 Å². The number of benzene rings is 1. The summed E-state index contributed by atoms with van der Waals surface area (Å²) in [6.45, 7) is 3.83. The first-order chi connectivity index (χ1) is 11.0. The molecule has 0 spiro atoms. The summed E-state index contributed by atoms with van der Waals surface area (Å²) in [7, 11) is 4.02. The number of nitrogens with zero attached hydrogens (tertiary/aromatic N) is 2. The molecule has 2 rings (SSSR count). The van der Waals surface area contributed by atoms with Crippen molar-refractivity contribution in [2.45, 2.75) is 26.3 Å². The number of carbonyl (C=O) groups is 1. The molecule has 5 heteroatoms. The Morgan fingerprint density at radius 2 is 2.00 bits per heavy atom. The molecule has 23 heavy (non-hydrogen) atoms. The van der Waals surface area contributed by atoms with Gasteiger partial charge in [0, 0.05) is 25.1 Å². The molecule has 1 N–H and O–H groups in total. The molecule has 0 bridgehead atoms. The molecule has 0 saturated heterocycles. The van der Waals surface area contributed by atoms with E-state index in [9.17, 15) is 9.59 Å². The quantitative estimate of drug-likeness (QED) is 0.792. The van der Waals surface area contributed by atoms with Gasteiger partial charge in [-0.1, -0.05) is 18.2 Å². The fourth-order valence-electron chi connectivity index (χ4n) is 2.62. The zero-order chi connectivity index (χ0) is 16.8. The molecule has 1 aromatic carbocycles. The van der Waals surface area contributed by atoms with Crippen molar-refractivity contribution in [3.8, 4) is 0 Å². The van der Waals surface area contributed by atoms with Crippen LogP contribution in [0.4, 0.5) is 0 Å². The van der Waals surface area contributed by atoms with Crippen LogP contribution in [0, 0.1) is 6.92 Å². The van der Waals surface area contributed by atoms with E-state index in [1.54, 1.807) is 4.57 Å². The topological polar surface area (TPSA) is 54.3 Å². The van der Waals surface area contributed by atoms with Gasteiger partial charge in [-0.05, 0) is 51.5 Å². The fourth-order valence-corrected chi connectivity index (χ4v) is 2.62. The van der Waals surface area contributed by atoms with Crippen molar-refractivity contribution < 1.29 is 4.79 Å². The van der Waals surface area contributed by atoms with Crippen LogP contribution in [0.2, 0.25) is 0 Å². The molecule has 0 aliphatic carbocycles. The highest BCUT2D eigenvalue weighted by Gasteiger charge is 2.08. The van der Waals surface area contributed by atoms with Gasteiger partial charge in [0.05, 0.1) is 5.52 Å². The zero-order valence-corrected chi connectivity index (χ0v) is 14.1. The number of para-hydroxylation sites is 1. The third kappa shape index (κ3) is 4.66. The minimum absolute atomic E-state index is 0.0127. The van der Waals surface area contributed by atoms with E-state index in [2.05, 4.69) is 10.2 Å². The minimum atomic E-state index is -0.0240. The molecule has 0 radical (unpaired) electrons. The van der Waals surface area contributed by atoms with Gasteiger partial charge >= 0.3 is 0 Å². The highest BCUT2D eigenvalue weighted by atomic mass is 16.1. The van der Waals surface area contributed by atoms with Gasteiger partial charge in [0.25, 0.3) is 5.56 Å². The van der Waals surface area contributed by atoms with Crippen LogP contribution in [0.1, 0.15) is 18.4 Å². The number of amides is 1. The molecule has 1 aromatic heterocycles. The van der Waals surface area contributed by atoms with E-state index in [1.807, 2.05) is 51.4 Å². The Bertz CT molecular complexity index is 735. The summed E-state index contributed by atoms with van der Waals surface area (Å²) in [5, 5.41) is 3.93. The molecule has 0 unspecified atom stereocenters. The third-order valence-electron chi connectivity index (χ3n) is 3.85. The van der Waals surface area contributed by atoms with E-state index < -0.39 is 0 Å². The molecule has 0 aliphatic rings. The number of fused-ring (bicyclic) bond motifs is 1. The van der Waals surface area contributed by atoms with E-state index in [0.717, 1.165) is 23.9 Å². The van der Waals surface area contributed by atoms with Crippen LogP contribution in [0.5, 0.6) is 0 Å². The number of hydrogen-bond donors (Lipinski definition) is 1. The highest BCUT2D eigenvalue weighted by Crippen LogP contribution is 2.13. The van der Waals surface area contributed by atoms with Crippen LogP contribution in [0.3, 0.4) is 0 Å². The van der Waals surface area contributed by atoms with E-state index in [4.69, 9.17) is 0 Å². The molecule has 0 aliphatic heterocycles. The first kappa shape index (κ1) is 17.2. The maximum absolute atomic E-state index is 12.4. The standard InChI is InChI=1S/C18H25N3O2/c1-14-13-15-7-4-5-8-16(15)21(18(14)23)12-9-17(22)19-10-6-11-20(2)3/h4-5,7-8,13H,6,9-12H2,1-3H3,(H,19,22). The van der Waals surface area contributed by atoms with Crippen LogP contribution in [-0.4, -0.2) is 42.6 Å². The molecular weight excluding hydrogens is 290 g/mol. The van der Waals surface area contributed by atoms with Crippen molar-refractivity contribution in [1.29, 1.82) is 0 Å². The second kappa shape index (κ2) is 7.92. The molecule has 0 fully saturated rings. The second-order valence-electron chi connectivity index (χ2n) is 6.10. The summed E-state index contributed by atoms with van der Waals surface area (Å²) < 4.78 is 1.70. The molecule has 124 valence electrons. The predicted molar refractivity (Wildman–Crippen MR) is 93.7 cm³/mol. The summed E-state index contributed by atoms with van der Waals surface area (Å²) in [6, 6.07) is 9.67. The van der Waals surface area contributed by atoms with Crippen LogP contribution >= 0.6 is 0 Å². The normalized spacial score (nSPS) is 11.1. The highest BCUT2D eigenvalue weighted by molar-refractivity contribution is 5.80. The van der Waals surface area contributed by atoms with Crippen molar-refractivity contribution >= 4 is 16.8 Å². The molecule has 5 nitrogen and oxygen atoms in total. The third-order valence-corrected chi connectivity index (χ3v) is 3.85. The molecule has 0 saturated carbocycles. The van der Waals surface area contributed by atoms with Crippen molar-refractivity contribution in [1.82, 2.24) is 14.8 Å². The maximum atomic E-state index is 12.4. The summed E-state index contributed by atoms with van der Waals surface area (Å²) in [5.74, 6) is -0.0127. The number of nitrogens with one attached hydrogen (secondary N) is 1. The van der Waals surface area contributed by atoms with Crippen LogP contribution < -0.4 is 10.9 Å². The lowest BCUT2D eigenvalue weighted by atomic mass is 10.1. The molecular formula is C18H25N3O2. The predicted octanol–water partition coefficient (Wildman–Crippen LogP) is 1.77. The lowest BCUT2D eigenvalue weighted by molar-refractivity contribution is -0.121. The number of aryl methyl sites for hydroxylation is 2. The summed E-state index contributed by atoms with van der Waals surface area (Å²) in [6.07, 6.45) is 1.24. The Kier molecular flexibility index (Phi) is 5.93.